The summed E-state index contributed by atoms with van der Waals surface area (Å²) in [6.07, 6.45) is 0.616. The van der Waals surface area contributed by atoms with Crippen molar-refractivity contribution in [2.75, 3.05) is 26.3 Å². The number of morpholine rings is 1. The van der Waals surface area contributed by atoms with E-state index in [4.69, 9.17) is 9.47 Å². The van der Waals surface area contributed by atoms with Crippen molar-refractivity contribution >= 4 is 5.78 Å². The van der Waals surface area contributed by atoms with Crippen LogP contribution in [0.15, 0.2) is 24.3 Å². The second kappa shape index (κ2) is 7.57. The van der Waals surface area contributed by atoms with E-state index in [0.717, 1.165) is 18.7 Å². The number of carbonyl (C=O) groups is 1. The topological polar surface area (TPSA) is 38.8 Å². The zero-order valence-electron chi connectivity index (χ0n) is 13.2. The molecular formula is C17H25NO3. The van der Waals surface area contributed by atoms with E-state index in [-0.39, 0.29) is 11.9 Å². The van der Waals surface area contributed by atoms with Gasteiger partial charge in [-0.3, -0.25) is 9.69 Å². The predicted octanol–water partition coefficient (Wildman–Crippen LogP) is 2.77. The number of rotatable bonds is 6. The van der Waals surface area contributed by atoms with E-state index in [1.165, 1.54) is 0 Å². The third-order valence-electron chi connectivity index (χ3n) is 3.73. The van der Waals surface area contributed by atoms with Crippen LogP contribution in [0.5, 0.6) is 5.75 Å². The lowest BCUT2D eigenvalue weighted by Gasteiger charge is -2.34. The fourth-order valence-corrected chi connectivity index (χ4v) is 2.42. The highest BCUT2D eigenvalue weighted by molar-refractivity contribution is 5.99. The Labute approximate surface area is 127 Å². The molecule has 1 aliphatic rings. The van der Waals surface area contributed by atoms with Gasteiger partial charge in [-0.2, -0.15) is 0 Å². The first kappa shape index (κ1) is 16.0. The molecule has 2 rings (SSSR count). The summed E-state index contributed by atoms with van der Waals surface area (Å²) in [6, 6.07) is 7.79. The summed E-state index contributed by atoms with van der Waals surface area (Å²) in [5.74, 6) is 0.865. The Hall–Kier alpha value is -1.39. The minimum Gasteiger partial charge on any atom is -0.494 e. The van der Waals surface area contributed by atoms with E-state index in [0.29, 0.717) is 31.4 Å². The fourth-order valence-electron chi connectivity index (χ4n) is 2.42. The molecule has 21 heavy (non-hydrogen) atoms. The van der Waals surface area contributed by atoms with Crippen molar-refractivity contribution < 1.29 is 14.3 Å². The molecule has 0 amide bonds. The Balaban J connectivity index is 1.99. The van der Waals surface area contributed by atoms with Crippen LogP contribution in [0, 0.1) is 0 Å². The first-order valence-corrected chi connectivity index (χ1v) is 7.74. The smallest absolute Gasteiger partial charge is 0.192 e. The first-order chi connectivity index (χ1) is 10.1. The van der Waals surface area contributed by atoms with Gasteiger partial charge in [0.2, 0.25) is 0 Å². The minimum absolute atomic E-state index is 0.0578. The van der Waals surface area contributed by atoms with E-state index >= 15 is 0 Å². The Morgan fingerprint density at radius 1 is 1.38 bits per heavy atom. The molecule has 0 radical (unpaired) electrons. The number of benzene rings is 1. The lowest BCUT2D eigenvalue weighted by atomic mass is 10.0. The molecule has 1 aliphatic heterocycles. The quantitative estimate of drug-likeness (QED) is 0.756. The number of hydrogen-bond acceptors (Lipinski definition) is 4. The molecule has 0 saturated carbocycles. The van der Waals surface area contributed by atoms with E-state index in [9.17, 15) is 4.79 Å². The second-order valence-electron chi connectivity index (χ2n) is 5.69. The van der Waals surface area contributed by atoms with E-state index in [2.05, 4.69) is 25.7 Å². The summed E-state index contributed by atoms with van der Waals surface area (Å²) in [5, 5.41) is 0. The van der Waals surface area contributed by atoms with Crippen molar-refractivity contribution in [1.82, 2.24) is 4.90 Å². The zero-order chi connectivity index (χ0) is 15.2. The third-order valence-corrected chi connectivity index (χ3v) is 3.73. The predicted molar refractivity (Wildman–Crippen MR) is 83.0 cm³/mol. The molecule has 1 atom stereocenters. The highest BCUT2D eigenvalue weighted by atomic mass is 16.5. The van der Waals surface area contributed by atoms with Crippen LogP contribution in [0.4, 0.5) is 0 Å². The molecule has 0 aromatic heterocycles. The molecule has 1 saturated heterocycles. The molecule has 4 nitrogen and oxygen atoms in total. The van der Waals surface area contributed by atoms with E-state index < -0.39 is 0 Å². The molecule has 0 bridgehead atoms. The van der Waals surface area contributed by atoms with Gasteiger partial charge in [-0.25, -0.2) is 0 Å². The van der Waals surface area contributed by atoms with Crippen LogP contribution in [0.3, 0.4) is 0 Å². The highest BCUT2D eigenvalue weighted by Crippen LogP contribution is 2.17. The highest BCUT2D eigenvalue weighted by Gasteiger charge is 2.28. The molecular weight excluding hydrogens is 266 g/mol. The Kier molecular flexibility index (Phi) is 5.76. The summed E-state index contributed by atoms with van der Waals surface area (Å²) < 4.78 is 11.2. The van der Waals surface area contributed by atoms with Crippen LogP contribution in [0.25, 0.3) is 0 Å². The summed E-state index contributed by atoms with van der Waals surface area (Å²) in [7, 11) is 0. The second-order valence-corrected chi connectivity index (χ2v) is 5.69. The zero-order valence-corrected chi connectivity index (χ0v) is 13.2. The largest absolute Gasteiger partial charge is 0.494 e. The number of ether oxygens (including phenoxy) is 2. The number of nitrogens with zero attached hydrogens (tertiary/aromatic N) is 1. The van der Waals surface area contributed by atoms with Crippen LogP contribution < -0.4 is 4.74 Å². The normalized spacial score (nSPS) is 19.7. The Bertz CT molecular complexity index is 456. The van der Waals surface area contributed by atoms with E-state index in [1.54, 1.807) is 0 Å². The van der Waals surface area contributed by atoms with Gasteiger partial charge < -0.3 is 9.47 Å². The number of Topliss-reactive ketones (excluding diaryl/α,β-unsaturated/α-hetero) is 1. The number of hydrogen-bond donors (Lipinski definition) is 0. The molecule has 116 valence electrons. The lowest BCUT2D eigenvalue weighted by Crippen LogP contribution is -2.48. The molecule has 0 spiro atoms. The maximum absolute atomic E-state index is 12.5. The maximum atomic E-state index is 12.5. The summed E-state index contributed by atoms with van der Waals surface area (Å²) in [6.45, 7) is 9.24. The van der Waals surface area contributed by atoms with E-state index in [1.807, 2.05) is 24.3 Å². The van der Waals surface area contributed by atoms with Crippen molar-refractivity contribution in [2.24, 2.45) is 0 Å². The van der Waals surface area contributed by atoms with Crippen molar-refractivity contribution in [2.45, 2.75) is 39.3 Å². The van der Waals surface area contributed by atoms with Gasteiger partial charge in [0.1, 0.15) is 11.9 Å². The van der Waals surface area contributed by atoms with Crippen LogP contribution >= 0.6 is 0 Å². The molecule has 0 aliphatic carbocycles. The van der Waals surface area contributed by atoms with Crippen molar-refractivity contribution in [3.8, 4) is 5.75 Å². The molecule has 1 aromatic carbocycles. The van der Waals surface area contributed by atoms with Crippen LogP contribution in [-0.4, -0.2) is 49.1 Å². The minimum atomic E-state index is -0.358. The molecule has 0 N–H and O–H groups in total. The van der Waals surface area contributed by atoms with Gasteiger partial charge in [-0.1, -0.05) is 6.92 Å². The van der Waals surface area contributed by atoms with Gasteiger partial charge in [0.05, 0.1) is 13.2 Å². The van der Waals surface area contributed by atoms with Crippen molar-refractivity contribution in [3.05, 3.63) is 29.8 Å². The van der Waals surface area contributed by atoms with Gasteiger partial charge in [0.25, 0.3) is 0 Å². The third kappa shape index (κ3) is 4.29. The summed E-state index contributed by atoms with van der Waals surface area (Å²) in [5.41, 5.74) is 0.689. The molecule has 1 fully saturated rings. The summed E-state index contributed by atoms with van der Waals surface area (Å²) in [4.78, 5) is 14.8. The first-order valence-electron chi connectivity index (χ1n) is 7.74. The molecule has 1 heterocycles. The van der Waals surface area contributed by atoms with Crippen LogP contribution in [-0.2, 0) is 4.74 Å². The van der Waals surface area contributed by atoms with Crippen LogP contribution in [0.1, 0.15) is 37.6 Å². The monoisotopic (exact) mass is 291 g/mol. The Morgan fingerprint density at radius 3 is 2.71 bits per heavy atom. The SMILES string of the molecule is CCCOc1ccc(C(=O)C2CN(C(C)C)CCO2)cc1. The summed E-state index contributed by atoms with van der Waals surface area (Å²) >= 11 is 0. The average Bonchev–Trinajstić information content (AvgIpc) is 2.53. The number of ketones is 1. The number of carbonyl (C=O) groups excluding carboxylic acids is 1. The standard InChI is InChI=1S/C17H25NO3/c1-4-10-20-15-7-5-14(6-8-15)17(19)16-12-18(13(2)3)9-11-21-16/h5-8,13,16H,4,9-12H2,1-3H3. The van der Waals surface area contributed by atoms with Gasteiger partial charge in [0, 0.05) is 24.7 Å². The van der Waals surface area contributed by atoms with Gasteiger partial charge >= 0.3 is 0 Å². The molecule has 4 heteroatoms. The fraction of sp³-hybridized carbons (Fsp3) is 0.588. The van der Waals surface area contributed by atoms with Gasteiger partial charge in [-0.15, -0.1) is 0 Å². The average molecular weight is 291 g/mol. The van der Waals surface area contributed by atoms with Crippen molar-refractivity contribution in [1.29, 1.82) is 0 Å². The van der Waals surface area contributed by atoms with Crippen LogP contribution in [0.2, 0.25) is 0 Å². The maximum Gasteiger partial charge on any atom is 0.192 e. The molecule has 1 unspecified atom stereocenters. The lowest BCUT2D eigenvalue weighted by molar-refractivity contribution is -0.0256. The Morgan fingerprint density at radius 2 is 2.10 bits per heavy atom. The van der Waals surface area contributed by atoms with Crippen molar-refractivity contribution in [3.63, 3.8) is 0 Å². The van der Waals surface area contributed by atoms with Gasteiger partial charge in [0.15, 0.2) is 5.78 Å². The van der Waals surface area contributed by atoms with Gasteiger partial charge in [-0.05, 0) is 44.5 Å². The molecule has 1 aromatic rings.